The first-order valence-electron chi connectivity index (χ1n) is 6.03. The Bertz CT molecular complexity index is 271. The second-order valence-electron chi connectivity index (χ2n) is 4.67. The van der Waals surface area contributed by atoms with Gasteiger partial charge in [0, 0.05) is 13.6 Å². The maximum Gasteiger partial charge on any atom is 0.319 e. The number of carboxylic acid groups (broad SMARTS) is 1. The lowest BCUT2D eigenvalue weighted by molar-refractivity contribution is -0.166. The summed E-state index contributed by atoms with van der Waals surface area (Å²) in [6, 6.07) is 0. The van der Waals surface area contributed by atoms with Gasteiger partial charge in [0.2, 0.25) is 5.91 Å². The van der Waals surface area contributed by atoms with Crippen molar-refractivity contribution in [3.8, 4) is 0 Å². The number of unbranched alkanes of at least 4 members (excludes halogenated alkanes) is 2. The second-order valence-corrected chi connectivity index (χ2v) is 4.67. The van der Waals surface area contributed by atoms with Crippen LogP contribution in [0.2, 0.25) is 0 Å². The van der Waals surface area contributed by atoms with Crippen LogP contribution in [-0.2, 0) is 9.59 Å². The van der Waals surface area contributed by atoms with Crippen molar-refractivity contribution in [3.05, 3.63) is 0 Å². The fourth-order valence-corrected chi connectivity index (χ4v) is 2.12. The zero-order valence-corrected chi connectivity index (χ0v) is 10.2. The standard InChI is InChI=1S/C12H21NO3/c1-3-4-5-9-13(2)10(14)12(11(15)16)7-6-8-12/h3-9H2,1-2H3,(H,15,16). The van der Waals surface area contributed by atoms with Crippen molar-refractivity contribution >= 4 is 11.9 Å². The van der Waals surface area contributed by atoms with Crippen LogP contribution < -0.4 is 0 Å². The largest absolute Gasteiger partial charge is 0.480 e. The summed E-state index contributed by atoms with van der Waals surface area (Å²) in [5.41, 5.74) is -1.10. The van der Waals surface area contributed by atoms with E-state index in [0.29, 0.717) is 19.4 Å². The second kappa shape index (κ2) is 5.32. The van der Waals surface area contributed by atoms with Gasteiger partial charge in [-0.2, -0.15) is 0 Å². The van der Waals surface area contributed by atoms with Crippen LogP contribution in [0.4, 0.5) is 0 Å². The zero-order valence-electron chi connectivity index (χ0n) is 10.2. The van der Waals surface area contributed by atoms with Crippen LogP contribution in [0.15, 0.2) is 0 Å². The lowest BCUT2D eigenvalue weighted by atomic mass is 9.68. The van der Waals surface area contributed by atoms with Gasteiger partial charge in [-0.3, -0.25) is 9.59 Å². The van der Waals surface area contributed by atoms with Crippen molar-refractivity contribution in [3.63, 3.8) is 0 Å². The van der Waals surface area contributed by atoms with Gasteiger partial charge in [0.25, 0.3) is 0 Å². The van der Waals surface area contributed by atoms with E-state index in [2.05, 4.69) is 6.92 Å². The maximum atomic E-state index is 12.0. The molecule has 0 bridgehead atoms. The normalized spacial score (nSPS) is 17.6. The fourth-order valence-electron chi connectivity index (χ4n) is 2.12. The molecule has 1 aliphatic rings. The summed E-state index contributed by atoms with van der Waals surface area (Å²) in [6.07, 6.45) is 4.98. The highest BCUT2D eigenvalue weighted by molar-refractivity contribution is 6.02. The first-order valence-corrected chi connectivity index (χ1v) is 6.03. The van der Waals surface area contributed by atoms with Gasteiger partial charge in [0.05, 0.1) is 0 Å². The van der Waals surface area contributed by atoms with Gasteiger partial charge >= 0.3 is 5.97 Å². The van der Waals surface area contributed by atoms with Gasteiger partial charge in [-0.25, -0.2) is 0 Å². The number of amides is 1. The molecule has 16 heavy (non-hydrogen) atoms. The topological polar surface area (TPSA) is 57.6 Å². The first kappa shape index (κ1) is 13.0. The quantitative estimate of drug-likeness (QED) is 0.557. The fraction of sp³-hybridized carbons (Fsp3) is 0.833. The molecule has 1 saturated carbocycles. The van der Waals surface area contributed by atoms with Crippen molar-refractivity contribution in [1.29, 1.82) is 0 Å². The van der Waals surface area contributed by atoms with E-state index in [4.69, 9.17) is 5.11 Å². The van der Waals surface area contributed by atoms with Crippen molar-refractivity contribution in [2.24, 2.45) is 5.41 Å². The van der Waals surface area contributed by atoms with Crippen molar-refractivity contribution < 1.29 is 14.7 Å². The Hall–Kier alpha value is -1.06. The molecule has 1 rings (SSSR count). The number of hydrogen-bond donors (Lipinski definition) is 1. The molecule has 1 fully saturated rings. The van der Waals surface area contributed by atoms with E-state index in [1.165, 1.54) is 0 Å². The molecule has 0 atom stereocenters. The molecular weight excluding hydrogens is 206 g/mol. The smallest absolute Gasteiger partial charge is 0.319 e. The van der Waals surface area contributed by atoms with Gasteiger partial charge in [-0.05, 0) is 19.3 Å². The Morgan fingerprint density at radius 3 is 2.31 bits per heavy atom. The molecule has 0 aromatic rings. The van der Waals surface area contributed by atoms with Gasteiger partial charge in [-0.15, -0.1) is 0 Å². The molecule has 0 aromatic carbocycles. The van der Waals surface area contributed by atoms with Gasteiger partial charge in [0.1, 0.15) is 5.41 Å². The molecule has 92 valence electrons. The number of carbonyl (C=O) groups is 2. The summed E-state index contributed by atoms with van der Waals surface area (Å²) in [5.74, 6) is -1.16. The third-order valence-electron chi connectivity index (χ3n) is 3.47. The third kappa shape index (κ3) is 2.36. The lowest BCUT2D eigenvalue weighted by Crippen LogP contribution is -2.51. The summed E-state index contributed by atoms with van der Waals surface area (Å²) >= 11 is 0. The van der Waals surface area contributed by atoms with Crippen LogP contribution in [0, 0.1) is 5.41 Å². The minimum absolute atomic E-state index is 0.206. The van der Waals surface area contributed by atoms with E-state index >= 15 is 0 Å². The molecule has 4 heteroatoms. The number of aliphatic carboxylic acids is 1. The van der Waals surface area contributed by atoms with E-state index in [1.54, 1.807) is 11.9 Å². The van der Waals surface area contributed by atoms with Crippen LogP contribution in [0.25, 0.3) is 0 Å². The molecule has 1 amide bonds. The average molecular weight is 227 g/mol. The average Bonchev–Trinajstić information content (AvgIpc) is 2.15. The molecule has 0 aliphatic heterocycles. The lowest BCUT2D eigenvalue weighted by Gasteiger charge is -2.38. The van der Waals surface area contributed by atoms with E-state index < -0.39 is 11.4 Å². The third-order valence-corrected chi connectivity index (χ3v) is 3.47. The summed E-state index contributed by atoms with van der Waals surface area (Å²) in [6.45, 7) is 2.77. The highest BCUT2D eigenvalue weighted by Crippen LogP contribution is 2.42. The maximum absolute atomic E-state index is 12.0. The summed E-state index contributed by atoms with van der Waals surface area (Å²) < 4.78 is 0. The van der Waals surface area contributed by atoms with Crippen LogP contribution in [-0.4, -0.2) is 35.5 Å². The number of hydrogen-bond acceptors (Lipinski definition) is 2. The molecule has 0 heterocycles. The Kier molecular flexibility index (Phi) is 4.33. The first-order chi connectivity index (χ1) is 7.54. The highest BCUT2D eigenvalue weighted by Gasteiger charge is 2.52. The minimum Gasteiger partial charge on any atom is -0.480 e. The van der Waals surface area contributed by atoms with Crippen molar-refractivity contribution in [2.45, 2.75) is 45.4 Å². The molecule has 0 saturated heterocycles. The van der Waals surface area contributed by atoms with Gasteiger partial charge < -0.3 is 10.0 Å². The van der Waals surface area contributed by atoms with Gasteiger partial charge in [-0.1, -0.05) is 26.2 Å². The molecular formula is C12H21NO3. The molecule has 4 nitrogen and oxygen atoms in total. The van der Waals surface area contributed by atoms with Crippen molar-refractivity contribution in [2.75, 3.05) is 13.6 Å². The van der Waals surface area contributed by atoms with Gasteiger partial charge in [0.15, 0.2) is 0 Å². The molecule has 0 unspecified atom stereocenters. The van der Waals surface area contributed by atoms with E-state index in [9.17, 15) is 9.59 Å². The van der Waals surface area contributed by atoms with E-state index in [-0.39, 0.29) is 5.91 Å². The predicted molar refractivity (Wildman–Crippen MR) is 61.1 cm³/mol. The summed E-state index contributed by atoms with van der Waals surface area (Å²) in [4.78, 5) is 24.7. The SMILES string of the molecule is CCCCCN(C)C(=O)C1(C(=O)O)CCC1. The summed E-state index contributed by atoms with van der Waals surface area (Å²) in [5, 5.41) is 9.13. The van der Waals surface area contributed by atoms with Crippen LogP contribution >= 0.6 is 0 Å². The number of rotatable bonds is 6. The van der Waals surface area contributed by atoms with E-state index in [1.807, 2.05) is 0 Å². The van der Waals surface area contributed by atoms with Crippen molar-refractivity contribution in [1.82, 2.24) is 4.90 Å². The molecule has 1 N–H and O–H groups in total. The number of carbonyl (C=O) groups excluding carboxylic acids is 1. The monoisotopic (exact) mass is 227 g/mol. The Labute approximate surface area is 96.6 Å². The Balaban J connectivity index is 2.52. The van der Waals surface area contributed by atoms with Crippen LogP contribution in [0.3, 0.4) is 0 Å². The Morgan fingerprint density at radius 1 is 1.31 bits per heavy atom. The molecule has 1 aliphatic carbocycles. The number of nitrogens with zero attached hydrogens (tertiary/aromatic N) is 1. The van der Waals surface area contributed by atoms with E-state index in [0.717, 1.165) is 25.7 Å². The van der Waals surface area contributed by atoms with Crippen LogP contribution in [0.1, 0.15) is 45.4 Å². The predicted octanol–water partition coefficient (Wildman–Crippen LogP) is 1.89. The zero-order chi connectivity index (χ0) is 12.2. The molecule has 0 radical (unpaired) electrons. The minimum atomic E-state index is -1.10. The van der Waals surface area contributed by atoms with Crippen LogP contribution in [0.5, 0.6) is 0 Å². The summed E-state index contributed by atoms with van der Waals surface area (Å²) in [7, 11) is 1.71. The highest BCUT2D eigenvalue weighted by atomic mass is 16.4. The molecule has 0 spiro atoms. The number of carboxylic acids is 1. The molecule has 0 aromatic heterocycles. The Morgan fingerprint density at radius 2 is 1.94 bits per heavy atom.